The summed E-state index contributed by atoms with van der Waals surface area (Å²) in [5.41, 5.74) is 6.32. The van der Waals surface area contributed by atoms with Crippen LogP contribution in [0.2, 0.25) is 0 Å². The SMILES string of the molecule is NCC(NCc1cccs1)c1ccc(Br)cc1F. The molecular weight excluding hydrogens is 315 g/mol. The minimum absolute atomic E-state index is 0.166. The van der Waals surface area contributed by atoms with Gasteiger partial charge in [0.1, 0.15) is 5.82 Å². The van der Waals surface area contributed by atoms with Crippen molar-refractivity contribution in [3.63, 3.8) is 0 Å². The number of nitrogens with two attached hydrogens (primary N) is 1. The van der Waals surface area contributed by atoms with Crippen LogP contribution in [-0.4, -0.2) is 6.54 Å². The van der Waals surface area contributed by atoms with Gasteiger partial charge in [-0.15, -0.1) is 11.3 Å². The molecule has 0 amide bonds. The zero-order valence-electron chi connectivity index (χ0n) is 9.70. The molecule has 18 heavy (non-hydrogen) atoms. The van der Waals surface area contributed by atoms with E-state index >= 15 is 0 Å². The molecule has 96 valence electrons. The standard InChI is InChI=1S/C13H14BrFN2S/c14-9-3-4-11(12(15)6-9)13(7-16)17-8-10-2-1-5-18-10/h1-6,13,17H,7-8,16H2. The van der Waals surface area contributed by atoms with Crippen molar-refractivity contribution >= 4 is 27.3 Å². The summed E-state index contributed by atoms with van der Waals surface area (Å²) in [4.78, 5) is 1.21. The average Bonchev–Trinajstić information content (AvgIpc) is 2.85. The van der Waals surface area contributed by atoms with Crippen molar-refractivity contribution in [3.8, 4) is 0 Å². The van der Waals surface area contributed by atoms with E-state index in [-0.39, 0.29) is 11.9 Å². The second-order valence-corrected chi connectivity index (χ2v) is 5.86. The highest BCUT2D eigenvalue weighted by atomic mass is 79.9. The van der Waals surface area contributed by atoms with E-state index in [2.05, 4.69) is 21.2 Å². The van der Waals surface area contributed by atoms with Gasteiger partial charge in [0, 0.05) is 34.0 Å². The molecule has 0 aliphatic carbocycles. The largest absolute Gasteiger partial charge is 0.329 e. The van der Waals surface area contributed by atoms with Gasteiger partial charge < -0.3 is 11.1 Å². The quantitative estimate of drug-likeness (QED) is 0.882. The Morgan fingerprint density at radius 1 is 1.39 bits per heavy atom. The third kappa shape index (κ3) is 3.38. The number of nitrogens with one attached hydrogen (secondary N) is 1. The summed E-state index contributed by atoms with van der Waals surface area (Å²) in [6, 6.07) is 8.93. The van der Waals surface area contributed by atoms with Gasteiger partial charge in [-0.25, -0.2) is 4.39 Å². The van der Waals surface area contributed by atoms with Gasteiger partial charge in [-0.3, -0.25) is 0 Å². The summed E-state index contributed by atoms with van der Waals surface area (Å²) in [7, 11) is 0. The average molecular weight is 329 g/mol. The highest BCUT2D eigenvalue weighted by molar-refractivity contribution is 9.10. The maximum absolute atomic E-state index is 13.8. The van der Waals surface area contributed by atoms with Gasteiger partial charge in [-0.05, 0) is 23.6 Å². The van der Waals surface area contributed by atoms with Crippen LogP contribution in [0.4, 0.5) is 4.39 Å². The van der Waals surface area contributed by atoms with Crippen molar-refractivity contribution in [1.82, 2.24) is 5.32 Å². The predicted molar refractivity (Wildman–Crippen MR) is 77.1 cm³/mol. The van der Waals surface area contributed by atoms with E-state index in [1.807, 2.05) is 23.6 Å². The predicted octanol–water partition coefficient (Wildman–Crippen LogP) is 3.44. The van der Waals surface area contributed by atoms with Crippen molar-refractivity contribution < 1.29 is 4.39 Å². The molecule has 2 aromatic rings. The summed E-state index contributed by atoms with van der Waals surface area (Å²) in [6.07, 6.45) is 0. The van der Waals surface area contributed by atoms with Crippen LogP contribution in [0, 0.1) is 5.82 Å². The zero-order chi connectivity index (χ0) is 13.0. The lowest BCUT2D eigenvalue weighted by atomic mass is 10.1. The zero-order valence-corrected chi connectivity index (χ0v) is 12.1. The third-order valence-corrected chi connectivity index (χ3v) is 4.05. The summed E-state index contributed by atoms with van der Waals surface area (Å²) in [6.45, 7) is 1.07. The molecule has 1 atom stereocenters. The lowest BCUT2D eigenvalue weighted by Crippen LogP contribution is -2.28. The second-order valence-electron chi connectivity index (χ2n) is 3.91. The molecule has 0 radical (unpaired) electrons. The molecule has 0 fully saturated rings. The van der Waals surface area contributed by atoms with Gasteiger partial charge in [0.05, 0.1) is 0 Å². The highest BCUT2D eigenvalue weighted by Gasteiger charge is 2.14. The van der Waals surface area contributed by atoms with E-state index in [0.717, 1.165) is 4.47 Å². The Morgan fingerprint density at radius 3 is 2.83 bits per heavy atom. The second kappa shape index (κ2) is 6.43. The highest BCUT2D eigenvalue weighted by Crippen LogP contribution is 2.21. The Kier molecular flexibility index (Phi) is 4.88. The van der Waals surface area contributed by atoms with Crippen molar-refractivity contribution in [2.24, 2.45) is 5.73 Å². The first-order valence-electron chi connectivity index (χ1n) is 5.61. The van der Waals surface area contributed by atoms with Gasteiger partial charge >= 0.3 is 0 Å². The van der Waals surface area contributed by atoms with Crippen LogP contribution >= 0.6 is 27.3 Å². The van der Waals surface area contributed by atoms with Crippen molar-refractivity contribution in [2.45, 2.75) is 12.6 Å². The Balaban J connectivity index is 2.08. The fraction of sp³-hybridized carbons (Fsp3) is 0.231. The van der Waals surface area contributed by atoms with E-state index in [9.17, 15) is 4.39 Å². The Labute approximate surface area is 118 Å². The van der Waals surface area contributed by atoms with Gasteiger partial charge in [-0.2, -0.15) is 0 Å². The molecular formula is C13H14BrFN2S. The summed E-state index contributed by atoms with van der Waals surface area (Å²) < 4.78 is 14.6. The van der Waals surface area contributed by atoms with E-state index in [0.29, 0.717) is 18.7 Å². The fourth-order valence-electron chi connectivity index (χ4n) is 1.74. The Bertz CT molecular complexity index is 502. The lowest BCUT2D eigenvalue weighted by molar-refractivity contribution is 0.507. The fourth-order valence-corrected chi connectivity index (χ4v) is 2.73. The van der Waals surface area contributed by atoms with Crippen molar-refractivity contribution in [1.29, 1.82) is 0 Å². The van der Waals surface area contributed by atoms with Gasteiger partial charge in [0.2, 0.25) is 0 Å². The molecule has 0 saturated heterocycles. The number of hydrogen-bond donors (Lipinski definition) is 2. The molecule has 1 heterocycles. The maximum atomic E-state index is 13.8. The molecule has 2 nitrogen and oxygen atoms in total. The first kappa shape index (κ1) is 13.7. The first-order chi connectivity index (χ1) is 8.70. The number of thiophene rings is 1. The minimum Gasteiger partial charge on any atom is -0.329 e. The van der Waals surface area contributed by atoms with Crippen molar-refractivity contribution in [2.75, 3.05) is 6.54 Å². The number of hydrogen-bond acceptors (Lipinski definition) is 3. The van der Waals surface area contributed by atoms with Gasteiger partial charge in [-0.1, -0.05) is 28.1 Å². The molecule has 1 unspecified atom stereocenters. The molecule has 0 aliphatic heterocycles. The smallest absolute Gasteiger partial charge is 0.129 e. The molecule has 0 saturated carbocycles. The van der Waals surface area contributed by atoms with E-state index in [4.69, 9.17) is 5.73 Å². The summed E-state index contributed by atoms with van der Waals surface area (Å²) in [5.74, 6) is -0.237. The summed E-state index contributed by atoms with van der Waals surface area (Å²) >= 11 is 4.92. The number of halogens is 2. The summed E-state index contributed by atoms with van der Waals surface area (Å²) in [5, 5.41) is 5.30. The van der Waals surface area contributed by atoms with Crippen LogP contribution < -0.4 is 11.1 Å². The minimum atomic E-state index is -0.237. The molecule has 2 rings (SSSR count). The number of rotatable bonds is 5. The van der Waals surface area contributed by atoms with Gasteiger partial charge in [0.15, 0.2) is 0 Å². The Morgan fingerprint density at radius 2 is 2.22 bits per heavy atom. The van der Waals surface area contributed by atoms with Crippen LogP contribution in [0.15, 0.2) is 40.2 Å². The molecule has 1 aromatic carbocycles. The maximum Gasteiger partial charge on any atom is 0.129 e. The Hall–Kier alpha value is -0.750. The van der Waals surface area contributed by atoms with Crippen LogP contribution in [-0.2, 0) is 6.54 Å². The molecule has 1 aromatic heterocycles. The topological polar surface area (TPSA) is 38.0 Å². The van der Waals surface area contributed by atoms with Crippen LogP contribution in [0.5, 0.6) is 0 Å². The lowest BCUT2D eigenvalue weighted by Gasteiger charge is -2.17. The molecule has 0 aliphatic rings. The third-order valence-electron chi connectivity index (χ3n) is 2.68. The van der Waals surface area contributed by atoms with E-state index in [1.54, 1.807) is 17.4 Å². The van der Waals surface area contributed by atoms with E-state index in [1.165, 1.54) is 10.9 Å². The van der Waals surface area contributed by atoms with Crippen LogP contribution in [0.3, 0.4) is 0 Å². The number of benzene rings is 1. The molecule has 3 N–H and O–H groups in total. The van der Waals surface area contributed by atoms with Crippen LogP contribution in [0.1, 0.15) is 16.5 Å². The normalized spacial score (nSPS) is 12.6. The first-order valence-corrected chi connectivity index (χ1v) is 7.28. The van der Waals surface area contributed by atoms with E-state index < -0.39 is 0 Å². The molecule has 5 heteroatoms. The monoisotopic (exact) mass is 328 g/mol. The molecule has 0 spiro atoms. The van der Waals surface area contributed by atoms with Gasteiger partial charge in [0.25, 0.3) is 0 Å². The van der Waals surface area contributed by atoms with Crippen molar-refractivity contribution in [3.05, 3.63) is 56.4 Å². The van der Waals surface area contributed by atoms with Crippen LogP contribution in [0.25, 0.3) is 0 Å². The molecule has 0 bridgehead atoms.